The number of rotatable bonds is 3. The molecule has 0 aliphatic carbocycles. The third-order valence-corrected chi connectivity index (χ3v) is 1.09. The molecule has 0 atom stereocenters. The Balaban J connectivity index is 4.56. The van der Waals surface area contributed by atoms with Gasteiger partial charge in [-0.05, 0) is 6.92 Å². The highest BCUT2D eigenvalue weighted by atomic mass is 16.7. The molecule has 0 radical (unpaired) electrons. The predicted molar refractivity (Wildman–Crippen MR) is 44.8 cm³/mol. The van der Waals surface area contributed by atoms with Crippen LogP contribution in [0.2, 0.25) is 0 Å². The van der Waals surface area contributed by atoms with E-state index in [1.54, 1.807) is 0 Å². The van der Waals surface area contributed by atoms with E-state index in [0.29, 0.717) is 0 Å². The van der Waals surface area contributed by atoms with Gasteiger partial charge in [-0.2, -0.15) is 0 Å². The molecule has 0 aromatic carbocycles. The molecule has 0 heterocycles. The zero-order valence-electron chi connectivity index (χ0n) is 7.57. The fourth-order valence-corrected chi connectivity index (χ4v) is 0.574. The van der Waals surface area contributed by atoms with Crippen LogP contribution in [0.1, 0.15) is 20.8 Å². The number of Topliss-reactive ketones (excluding diaryl/α,β-unsaturated/α-hetero) is 1. The fourth-order valence-electron chi connectivity index (χ4n) is 0.574. The second kappa shape index (κ2) is 5.02. The van der Waals surface area contributed by atoms with Crippen LogP contribution in [0.15, 0.2) is 10.3 Å². The van der Waals surface area contributed by atoms with Crippen molar-refractivity contribution in [3.05, 3.63) is 0 Å². The van der Waals surface area contributed by atoms with E-state index in [9.17, 15) is 9.59 Å². The van der Waals surface area contributed by atoms with Gasteiger partial charge in [-0.1, -0.05) is 10.3 Å². The molecule has 0 aromatic rings. The maximum absolute atomic E-state index is 10.7. The number of oxime groups is 2. The minimum atomic E-state index is -0.611. The topological polar surface area (TPSA) is 88.3 Å². The summed E-state index contributed by atoms with van der Waals surface area (Å²) in [5, 5.41) is 14.4. The van der Waals surface area contributed by atoms with E-state index in [1.807, 2.05) is 0 Å². The van der Waals surface area contributed by atoms with Crippen molar-refractivity contribution in [2.45, 2.75) is 20.8 Å². The summed E-state index contributed by atoms with van der Waals surface area (Å²) in [4.78, 5) is 25.3. The van der Waals surface area contributed by atoms with E-state index in [4.69, 9.17) is 5.21 Å². The van der Waals surface area contributed by atoms with Crippen molar-refractivity contribution in [2.24, 2.45) is 10.3 Å². The molecule has 72 valence electrons. The zero-order chi connectivity index (χ0) is 10.4. The van der Waals surface area contributed by atoms with Gasteiger partial charge in [0.15, 0.2) is 11.5 Å². The number of hydrogen-bond acceptors (Lipinski definition) is 6. The first-order valence-electron chi connectivity index (χ1n) is 3.44. The second-order valence-electron chi connectivity index (χ2n) is 2.26. The van der Waals surface area contributed by atoms with Crippen molar-refractivity contribution in [1.82, 2.24) is 0 Å². The largest absolute Gasteiger partial charge is 0.410 e. The lowest BCUT2D eigenvalue weighted by atomic mass is 10.2. The van der Waals surface area contributed by atoms with Gasteiger partial charge >= 0.3 is 5.97 Å². The van der Waals surface area contributed by atoms with Gasteiger partial charge in [-0.25, -0.2) is 4.79 Å². The molecule has 0 spiro atoms. The lowest BCUT2D eigenvalue weighted by molar-refractivity contribution is -0.140. The molecule has 1 N–H and O–H groups in total. The summed E-state index contributed by atoms with van der Waals surface area (Å²) in [5.41, 5.74) is -0.188. The third-order valence-electron chi connectivity index (χ3n) is 1.09. The number of hydrogen-bond donors (Lipinski definition) is 1. The highest BCUT2D eigenvalue weighted by molar-refractivity contribution is 6.66. The minimum absolute atomic E-state index is 0.0465. The summed E-state index contributed by atoms with van der Waals surface area (Å²) in [6.45, 7) is 3.77. The molecule has 13 heavy (non-hydrogen) atoms. The van der Waals surface area contributed by atoms with E-state index >= 15 is 0 Å². The monoisotopic (exact) mass is 186 g/mol. The molecule has 0 aliphatic rings. The van der Waals surface area contributed by atoms with Crippen LogP contribution in [-0.4, -0.2) is 28.4 Å². The maximum Gasteiger partial charge on any atom is 0.331 e. The van der Waals surface area contributed by atoms with E-state index in [0.717, 1.165) is 0 Å². The quantitative estimate of drug-likeness (QED) is 0.298. The Morgan fingerprint density at radius 2 is 1.77 bits per heavy atom. The highest BCUT2D eigenvalue weighted by Crippen LogP contribution is 1.89. The van der Waals surface area contributed by atoms with Gasteiger partial charge in [0.25, 0.3) is 0 Å². The molecule has 6 nitrogen and oxygen atoms in total. The van der Waals surface area contributed by atoms with Crippen molar-refractivity contribution in [1.29, 1.82) is 0 Å². The normalized spacial score (nSPS) is 12.5. The first-order valence-corrected chi connectivity index (χ1v) is 3.44. The van der Waals surface area contributed by atoms with Crippen LogP contribution < -0.4 is 0 Å². The summed E-state index contributed by atoms with van der Waals surface area (Å²) in [7, 11) is 0. The van der Waals surface area contributed by atoms with Crippen LogP contribution in [0.3, 0.4) is 0 Å². The smallest absolute Gasteiger partial charge is 0.331 e. The van der Waals surface area contributed by atoms with Crippen LogP contribution in [0, 0.1) is 0 Å². The molecular formula is C7H10N2O4. The average molecular weight is 186 g/mol. The Labute approximate surface area is 74.9 Å². The van der Waals surface area contributed by atoms with Crippen LogP contribution in [0.5, 0.6) is 0 Å². The second-order valence-corrected chi connectivity index (χ2v) is 2.26. The standard InChI is InChI=1S/C7H10N2O4/c1-4(9-13-6(3)11)7(8-12)5(2)10/h12H,1-3H3/b8-7-,9-4+. The van der Waals surface area contributed by atoms with Gasteiger partial charge in [0.05, 0.1) is 0 Å². The van der Waals surface area contributed by atoms with Crippen LogP contribution in [0.25, 0.3) is 0 Å². The molecule has 6 heteroatoms. The maximum atomic E-state index is 10.7. The Morgan fingerprint density at radius 1 is 1.23 bits per heavy atom. The minimum Gasteiger partial charge on any atom is -0.410 e. The molecule has 0 aliphatic heterocycles. The molecule has 0 saturated heterocycles. The Bertz CT molecular complexity index is 280. The number of carbonyl (C=O) groups excluding carboxylic acids is 2. The van der Waals surface area contributed by atoms with Crippen LogP contribution in [-0.2, 0) is 14.4 Å². The summed E-state index contributed by atoms with van der Waals surface area (Å²) in [6, 6.07) is 0. The molecule has 0 bridgehead atoms. The van der Waals surface area contributed by atoms with Crippen LogP contribution >= 0.6 is 0 Å². The summed E-state index contributed by atoms with van der Waals surface area (Å²) >= 11 is 0. The van der Waals surface area contributed by atoms with E-state index in [2.05, 4.69) is 15.1 Å². The lowest BCUT2D eigenvalue weighted by Gasteiger charge is -1.97. The van der Waals surface area contributed by atoms with Crippen LogP contribution in [0.4, 0.5) is 0 Å². The predicted octanol–water partition coefficient (Wildman–Crippen LogP) is 0.345. The first-order chi connectivity index (χ1) is 5.99. The fraction of sp³-hybridized carbons (Fsp3) is 0.429. The van der Waals surface area contributed by atoms with Crippen molar-refractivity contribution in [3.63, 3.8) is 0 Å². The number of carbonyl (C=O) groups is 2. The molecule has 0 saturated carbocycles. The SMILES string of the molecule is CC(=O)O/N=C(C)/C(=N/O)C(C)=O. The van der Waals surface area contributed by atoms with Gasteiger partial charge in [0, 0.05) is 13.8 Å². The van der Waals surface area contributed by atoms with Crippen molar-refractivity contribution in [2.75, 3.05) is 0 Å². The molecule has 0 rings (SSSR count). The number of nitrogens with zero attached hydrogens (tertiary/aromatic N) is 2. The van der Waals surface area contributed by atoms with Gasteiger partial charge in [0.1, 0.15) is 5.71 Å². The summed E-state index contributed by atoms with van der Waals surface area (Å²) in [5.74, 6) is -1.07. The molecule has 0 unspecified atom stereocenters. The van der Waals surface area contributed by atoms with Gasteiger partial charge in [0.2, 0.25) is 0 Å². The van der Waals surface area contributed by atoms with Crippen molar-refractivity contribution in [3.8, 4) is 0 Å². The summed E-state index contributed by atoms with van der Waals surface area (Å²) < 4.78 is 0. The van der Waals surface area contributed by atoms with Gasteiger partial charge in [-0.3, -0.25) is 4.79 Å². The van der Waals surface area contributed by atoms with Gasteiger partial charge < -0.3 is 10.0 Å². The Hall–Kier alpha value is -1.72. The van der Waals surface area contributed by atoms with E-state index < -0.39 is 11.8 Å². The van der Waals surface area contributed by atoms with Crippen molar-refractivity contribution < 1.29 is 19.6 Å². The molecule has 0 fully saturated rings. The first kappa shape index (κ1) is 11.3. The molecule has 0 amide bonds. The molecule has 0 aromatic heterocycles. The number of ketones is 1. The zero-order valence-corrected chi connectivity index (χ0v) is 7.57. The lowest BCUT2D eigenvalue weighted by Crippen LogP contribution is -2.19. The van der Waals surface area contributed by atoms with E-state index in [1.165, 1.54) is 20.8 Å². The Morgan fingerprint density at radius 3 is 2.08 bits per heavy atom. The summed E-state index contributed by atoms with van der Waals surface area (Å²) in [6.07, 6.45) is 0. The van der Waals surface area contributed by atoms with Crippen molar-refractivity contribution >= 4 is 23.2 Å². The average Bonchev–Trinajstić information content (AvgIpc) is 2.01. The van der Waals surface area contributed by atoms with E-state index in [-0.39, 0.29) is 11.4 Å². The Kier molecular flexibility index (Phi) is 4.36. The third kappa shape index (κ3) is 4.00. The van der Waals surface area contributed by atoms with Gasteiger partial charge in [-0.15, -0.1) is 0 Å². The molecular weight excluding hydrogens is 176 g/mol. The highest BCUT2D eigenvalue weighted by Gasteiger charge is 2.11.